The molecule has 3 atom stereocenters. The molecule has 2 heterocycles. The molecule has 176 valence electrons. The van der Waals surface area contributed by atoms with Gasteiger partial charge in [0, 0.05) is 25.4 Å². The molecule has 0 aromatic heterocycles. The van der Waals surface area contributed by atoms with Crippen molar-refractivity contribution in [1.29, 1.82) is 0 Å². The summed E-state index contributed by atoms with van der Waals surface area (Å²) < 4.78 is 14.8. The summed E-state index contributed by atoms with van der Waals surface area (Å²) in [5, 5.41) is 16.6. The number of nitrogens with zero attached hydrogens (tertiary/aromatic N) is 1. The minimum absolute atomic E-state index is 0.126. The molecular formula is C26H33FN4O2. The molecule has 33 heavy (non-hydrogen) atoms. The van der Waals surface area contributed by atoms with Gasteiger partial charge >= 0.3 is 0 Å². The van der Waals surface area contributed by atoms with Crippen molar-refractivity contribution in [1.82, 2.24) is 5.32 Å². The van der Waals surface area contributed by atoms with E-state index in [0.29, 0.717) is 25.3 Å². The van der Waals surface area contributed by atoms with Crippen LogP contribution in [0.3, 0.4) is 0 Å². The molecule has 2 aliphatic carbocycles. The number of amides is 1. The Bertz CT molecular complexity index is 1010. The number of aliphatic imine (C=N–C) groups is 1. The number of hydrogen-bond acceptors (Lipinski definition) is 5. The van der Waals surface area contributed by atoms with Gasteiger partial charge in [-0.25, -0.2) is 4.39 Å². The van der Waals surface area contributed by atoms with Gasteiger partial charge in [-0.15, -0.1) is 0 Å². The van der Waals surface area contributed by atoms with E-state index in [2.05, 4.69) is 15.6 Å². The lowest BCUT2D eigenvalue weighted by atomic mass is 9.77. The summed E-state index contributed by atoms with van der Waals surface area (Å²) in [5.74, 6) is 0.148. The first-order valence-corrected chi connectivity index (χ1v) is 12.1. The highest BCUT2D eigenvalue weighted by atomic mass is 19.1. The third-order valence-corrected chi connectivity index (χ3v) is 7.71. The van der Waals surface area contributed by atoms with Crippen molar-refractivity contribution in [2.45, 2.75) is 68.5 Å². The third kappa shape index (κ3) is 4.81. The van der Waals surface area contributed by atoms with Crippen molar-refractivity contribution >= 4 is 17.8 Å². The van der Waals surface area contributed by atoms with Crippen molar-refractivity contribution in [3.05, 3.63) is 53.5 Å². The molecule has 1 aromatic carbocycles. The van der Waals surface area contributed by atoms with Gasteiger partial charge in [0.05, 0.1) is 22.9 Å². The average Bonchev–Trinajstić information content (AvgIpc) is 3.70. The van der Waals surface area contributed by atoms with E-state index in [-0.39, 0.29) is 17.5 Å². The van der Waals surface area contributed by atoms with Crippen LogP contribution in [0.5, 0.6) is 0 Å². The van der Waals surface area contributed by atoms with Crippen LogP contribution in [0.4, 0.5) is 10.1 Å². The monoisotopic (exact) mass is 452 g/mol. The van der Waals surface area contributed by atoms with Gasteiger partial charge in [-0.3, -0.25) is 9.79 Å². The lowest BCUT2D eigenvalue weighted by molar-refractivity contribution is -0.118. The number of allylic oxidation sites excluding steroid dienone is 2. The molecule has 5 rings (SSSR count). The van der Waals surface area contributed by atoms with Gasteiger partial charge < -0.3 is 21.5 Å². The summed E-state index contributed by atoms with van der Waals surface area (Å²) >= 11 is 0. The fourth-order valence-electron chi connectivity index (χ4n) is 5.18. The Labute approximate surface area is 194 Å². The van der Waals surface area contributed by atoms with Crippen LogP contribution in [0.15, 0.2) is 47.1 Å². The average molecular weight is 453 g/mol. The first-order chi connectivity index (χ1) is 15.9. The highest BCUT2D eigenvalue weighted by Gasteiger charge is 2.50. The number of β-amino-alcohol motifs (C(OH)–C–C–N with tert-alkyl or cyclic N) is 1. The van der Waals surface area contributed by atoms with Crippen molar-refractivity contribution < 1.29 is 14.3 Å². The standard InChI is InChI=1S/C26H33FN4O2/c27-21-8-7-20(26(28,11-9-17-3-4-17)19-2-1-12-29-13-10-19)14-22(21)31-24(32)23-15-25(33,16-30-23)18-5-6-18/h1,7-8,10,12-14,17-18,23,30,33H,2-6,9,11,15-16,28H2,(H,31,32)/t23-,25-,26?/m1/s1. The van der Waals surface area contributed by atoms with E-state index >= 15 is 0 Å². The van der Waals surface area contributed by atoms with Crippen LogP contribution in [0.2, 0.25) is 0 Å². The Morgan fingerprint density at radius 2 is 2.15 bits per heavy atom. The number of hydrogen-bond donors (Lipinski definition) is 4. The number of anilines is 1. The largest absolute Gasteiger partial charge is 0.388 e. The molecule has 3 fully saturated rings. The number of carbonyl (C=O) groups is 1. The molecule has 1 unspecified atom stereocenters. The summed E-state index contributed by atoms with van der Waals surface area (Å²) in [6.07, 6.45) is 14.7. The Hall–Kier alpha value is -2.35. The first kappa shape index (κ1) is 22.4. The van der Waals surface area contributed by atoms with Crippen LogP contribution < -0.4 is 16.4 Å². The zero-order valence-corrected chi connectivity index (χ0v) is 18.9. The van der Waals surface area contributed by atoms with Crippen LogP contribution in [0, 0.1) is 17.7 Å². The molecule has 1 amide bonds. The normalized spacial score (nSPS) is 28.8. The molecule has 4 aliphatic rings. The van der Waals surface area contributed by atoms with Crippen LogP contribution in [0.25, 0.3) is 0 Å². The van der Waals surface area contributed by atoms with Gasteiger partial charge in [0.1, 0.15) is 5.82 Å². The second kappa shape index (κ2) is 8.78. The predicted molar refractivity (Wildman–Crippen MR) is 127 cm³/mol. The zero-order chi connectivity index (χ0) is 23.1. The lowest BCUT2D eigenvalue weighted by Gasteiger charge is -2.33. The van der Waals surface area contributed by atoms with E-state index in [1.54, 1.807) is 24.5 Å². The Morgan fingerprint density at radius 1 is 1.33 bits per heavy atom. The first-order valence-electron chi connectivity index (χ1n) is 12.1. The van der Waals surface area contributed by atoms with Crippen molar-refractivity contribution in [2.75, 3.05) is 11.9 Å². The van der Waals surface area contributed by atoms with Crippen molar-refractivity contribution in [3.63, 3.8) is 0 Å². The van der Waals surface area contributed by atoms with E-state index in [1.165, 1.54) is 18.9 Å². The summed E-state index contributed by atoms with van der Waals surface area (Å²) in [7, 11) is 0. The van der Waals surface area contributed by atoms with E-state index < -0.39 is 23.0 Å². The molecule has 2 aliphatic heterocycles. The molecular weight excluding hydrogens is 419 g/mol. The molecule has 6 nitrogen and oxygen atoms in total. The molecule has 0 bridgehead atoms. The molecule has 1 aromatic rings. The molecule has 1 saturated heterocycles. The number of aliphatic hydroxyl groups is 1. The highest BCUT2D eigenvalue weighted by Crippen LogP contribution is 2.44. The lowest BCUT2D eigenvalue weighted by Crippen LogP contribution is -2.39. The second-order valence-corrected chi connectivity index (χ2v) is 10.2. The van der Waals surface area contributed by atoms with Gasteiger partial charge in [0.25, 0.3) is 0 Å². The molecule has 5 N–H and O–H groups in total. The Kier molecular flexibility index (Phi) is 5.97. The SMILES string of the molecule is NC(CCC1CC1)(C1=CC=NC=CC1)c1ccc(F)c(NC(=O)[C@H]2C[C@](O)(C3CC3)CN2)c1. The highest BCUT2D eigenvalue weighted by molar-refractivity contribution is 5.95. The Morgan fingerprint density at radius 3 is 2.91 bits per heavy atom. The van der Waals surface area contributed by atoms with Crippen LogP contribution >= 0.6 is 0 Å². The van der Waals surface area contributed by atoms with Crippen LogP contribution in [-0.4, -0.2) is 35.4 Å². The topological polar surface area (TPSA) is 99.7 Å². The summed E-state index contributed by atoms with van der Waals surface area (Å²) in [4.78, 5) is 17.1. The van der Waals surface area contributed by atoms with Crippen molar-refractivity contribution in [3.8, 4) is 0 Å². The number of benzene rings is 1. The van der Waals surface area contributed by atoms with Gasteiger partial charge in [0.15, 0.2) is 0 Å². The number of nitrogens with two attached hydrogens (primary N) is 1. The molecule has 7 heteroatoms. The third-order valence-electron chi connectivity index (χ3n) is 7.71. The van der Waals surface area contributed by atoms with Crippen molar-refractivity contribution in [2.24, 2.45) is 22.6 Å². The van der Waals surface area contributed by atoms with Crippen LogP contribution in [0.1, 0.15) is 56.9 Å². The van der Waals surface area contributed by atoms with E-state index in [9.17, 15) is 14.3 Å². The fraction of sp³-hybridized carbons (Fsp3) is 0.538. The van der Waals surface area contributed by atoms with Gasteiger partial charge in [-0.2, -0.15) is 0 Å². The van der Waals surface area contributed by atoms with Gasteiger partial charge in [-0.05, 0) is 73.3 Å². The minimum Gasteiger partial charge on any atom is -0.388 e. The second-order valence-electron chi connectivity index (χ2n) is 10.2. The maximum absolute atomic E-state index is 14.8. The number of nitrogens with one attached hydrogen (secondary N) is 2. The minimum atomic E-state index is -0.835. The molecule has 2 saturated carbocycles. The quantitative estimate of drug-likeness (QED) is 0.485. The maximum Gasteiger partial charge on any atom is 0.241 e. The van der Waals surface area contributed by atoms with E-state index in [4.69, 9.17) is 5.73 Å². The number of halogens is 1. The Balaban J connectivity index is 1.37. The van der Waals surface area contributed by atoms with Gasteiger partial charge in [-0.1, -0.05) is 25.0 Å². The van der Waals surface area contributed by atoms with E-state index in [1.807, 2.05) is 12.2 Å². The van der Waals surface area contributed by atoms with Gasteiger partial charge in [0.2, 0.25) is 5.91 Å². The summed E-state index contributed by atoms with van der Waals surface area (Å²) in [6.45, 7) is 0.397. The fourth-order valence-corrected chi connectivity index (χ4v) is 5.18. The maximum atomic E-state index is 14.8. The molecule has 0 radical (unpaired) electrons. The zero-order valence-electron chi connectivity index (χ0n) is 18.9. The summed E-state index contributed by atoms with van der Waals surface area (Å²) in [6, 6.07) is 4.24. The summed E-state index contributed by atoms with van der Waals surface area (Å²) in [5.41, 5.74) is 7.37. The number of rotatable bonds is 8. The number of carbonyl (C=O) groups excluding carboxylic acids is 1. The predicted octanol–water partition coefficient (Wildman–Crippen LogP) is 3.53. The van der Waals surface area contributed by atoms with Crippen LogP contribution in [-0.2, 0) is 10.3 Å². The van der Waals surface area contributed by atoms with E-state index in [0.717, 1.165) is 36.8 Å². The smallest absolute Gasteiger partial charge is 0.241 e. The molecule has 0 spiro atoms.